The van der Waals surface area contributed by atoms with Crippen molar-refractivity contribution in [3.63, 3.8) is 0 Å². The molecule has 18 heavy (non-hydrogen) atoms. The zero-order valence-corrected chi connectivity index (χ0v) is 11.3. The van der Waals surface area contributed by atoms with Gasteiger partial charge in [-0.3, -0.25) is 0 Å². The first-order valence-corrected chi connectivity index (χ1v) is 6.05. The third kappa shape index (κ3) is 3.18. The maximum absolute atomic E-state index is 5.88. The molecule has 1 aromatic heterocycles. The summed E-state index contributed by atoms with van der Waals surface area (Å²) < 4.78 is 5.62. The van der Waals surface area contributed by atoms with Crippen LogP contribution in [0, 0.1) is 6.92 Å². The topological polar surface area (TPSA) is 48.1 Å². The van der Waals surface area contributed by atoms with Gasteiger partial charge in [-0.1, -0.05) is 29.9 Å². The maximum atomic E-state index is 5.88. The first-order valence-electron chi connectivity index (χ1n) is 5.26. The number of rotatable bonds is 3. The second kappa shape index (κ2) is 5.33. The summed E-state index contributed by atoms with van der Waals surface area (Å²) in [5.41, 5.74) is 7.12. The van der Waals surface area contributed by atoms with Crippen molar-refractivity contribution in [3.05, 3.63) is 52.7 Å². The number of aromatic nitrogens is 1. The van der Waals surface area contributed by atoms with Crippen molar-refractivity contribution in [2.24, 2.45) is 5.73 Å². The Balaban J connectivity index is 2.31. The van der Waals surface area contributed by atoms with E-state index < -0.39 is 0 Å². The molecule has 3 nitrogen and oxygen atoms in total. The Bertz CT molecular complexity index is 601. The van der Waals surface area contributed by atoms with Crippen LogP contribution in [0.15, 0.2) is 36.4 Å². The van der Waals surface area contributed by atoms with E-state index in [0.717, 1.165) is 11.3 Å². The number of nitrogens with zero attached hydrogens (tertiary/aromatic N) is 1. The minimum Gasteiger partial charge on any atom is -0.439 e. The van der Waals surface area contributed by atoms with Gasteiger partial charge in [-0.05, 0) is 31.2 Å². The summed E-state index contributed by atoms with van der Waals surface area (Å²) in [6.45, 7) is 1.85. The lowest BCUT2D eigenvalue weighted by Crippen LogP contribution is -2.10. The molecule has 2 N–H and O–H groups in total. The van der Waals surface area contributed by atoms with Crippen molar-refractivity contribution in [3.8, 4) is 11.6 Å². The molecule has 92 valence electrons. The molecule has 0 aliphatic rings. The number of nitrogens with two attached hydrogens (primary N) is 1. The highest BCUT2D eigenvalue weighted by molar-refractivity contribution is 7.80. The van der Waals surface area contributed by atoms with Gasteiger partial charge in [0.1, 0.15) is 10.7 Å². The van der Waals surface area contributed by atoms with Crippen molar-refractivity contribution < 1.29 is 4.74 Å². The molecule has 0 saturated carbocycles. The monoisotopic (exact) mass is 278 g/mol. The molecule has 0 spiro atoms. The fourth-order valence-electron chi connectivity index (χ4n) is 1.48. The predicted octanol–water partition coefficient (Wildman–Crippen LogP) is 3.47. The maximum Gasteiger partial charge on any atom is 0.220 e. The largest absolute Gasteiger partial charge is 0.439 e. The van der Waals surface area contributed by atoms with E-state index in [-0.39, 0.29) is 0 Å². The van der Waals surface area contributed by atoms with Crippen LogP contribution in [0.25, 0.3) is 0 Å². The summed E-state index contributed by atoms with van der Waals surface area (Å²) in [7, 11) is 0. The van der Waals surface area contributed by atoms with Crippen molar-refractivity contribution in [2.45, 2.75) is 6.92 Å². The lowest BCUT2D eigenvalue weighted by Gasteiger charge is -2.07. The third-order valence-electron chi connectivity index (χ3n) is 2.23. The predicted molar refractivity (Wildman–Crippen MR) is 76.4 cm³/mol. The molecule has 0 fully saturated rings. The average Bonchev–Trinajstić information content (AvgIpc) is 2.28. The highest BCUT2D eigenvalue weighted by Gasteiger charge is 2.05. The lowest BCUT2D eigenvalue weighted by molar-refractivity contribution is 0.461. The van der Waals surface area contributed by atoms with Gasteiger partial charge >= 0.3 is 0 Å². The molecule has 0 amide bonds. The molecule has 0 unspecified atom stereocenters. The smallest absolute Gasteiger partial charge is 0.220 e. The summed E-state index contributed by atoms with van der Waals surface area (Å²) in [5.74, 6) is 1.06. The van der Waals surface area contributed by atoms with Gasteiger partial charge in [0, 0.05) is 22.3 Å². The number of halogens is 1. The van der Waals surface area contributed by atoms with Gasteiger partial charge in [-0.25, -0.2) is 4.98 Å². The van der Waals surface area contributed by atoms with Gasteiger partial charge in [-0.15, -0.1) is 0 Å². The van der Waals surface area contributed by atoms with E-state index in [2.05, 4.69) is 4.98 Å². The van der Waals surface area contributed by atoms with Crippen LogP contribution in [0.5, 0.6) is 11.6 Å². The van der Waals surface area contributed by atoms with Crippen LogP contribution in [-0.2, 0) is 0 Å². The van der Waals surface area contributed by atoms with Gasteiger partial charge in [0.15, 0.2) is 0 Å². The number of aryl methyl sites for hydroxylation is 1. The van der Waals surface area contributed by atoms with Crippen LogP contribution in [0.2, 0.25) is 5.02 Å². The molecular weight excluding hydrogens is 268 g/mol. The number of benzene rings is 1. The summed E-state index contributed by atoms with van der Waals surface area (Å²) in [6.07, 6.45) is 0. The zero-order valence-electron chi connectivity index (χ0n) is 9.68. The van der Waals surface area contributed by atoms with Gasteiger partial charge in [0.05, 0.1) is 0 Å². The molecule has 0 aliphatic carbocycles. The number of pyridine rings is 1. The van der Waals surface area contributed by atoms with Gasteiger partial charge in [0.2, 0.25) is 5.88 Å². The highest BCUT2D eigenvalue weighted by Crippen LogP contribution is 2.23. The van der Waals surface area contributed by atoms with Gasteiger partial charge < -0.3 is 10.5 Å². The van der Waals surface area contributed by atoms with E-state index in [1.54, 1.807) is 24.3 Å². The molecular formula is C13H11ClN2OS. The number of ether oxygens (including phenoxy) is 1. The molecule has 2 aromatic rings. The van der Waals surface area contributed by atoms with Crippen LogP contribution in [0.4, 0.5) is 0 Å². The Morgan fingerprint density at radius 3 is 2.78 bits per heavy atom. The third-order valence-corrected chi connectivity index (χ3v) is 2.70. The fourth-order valence-corrected chi connectivity index (χ4v) is 1.78. The van der Waals surface area contributed by atoms with Gasteiger partial charge in [0.25, 0.3) is 0 Å². The normalized spacial score (nSPS) is 10.1. The van der Waals surface area contributed by atoms with Crippen molar-refractivity contribution in [1.29, 1.82) is 0 Å². The number of hydrogen-bond acceptors (Lipinski definition) is 3. The summed E-state index contributed by atoms with van der Waals surface area (Å²) >= 11 is 10.8. The molecule has 1 heterocycles. The van der Waals surface area contributed by atoms with Crippen molar-refractivity contribution in [2.75, 3.05) is 0 Å². The van der Waals surface area contributed by atoms with E-state index in [1.165, 1.54) is 0 Å². The van der Waals surface area contributed by atoms with E-state index >= 15 is 0 Å². The summed E-state index contributed by atoms with van der Waals surface area (Å²) in [6, 6.07) is 10.6. The number of thiocarbonyl (C=S) groups is 1. The van der Waals surface area contributed by atoms with Crippen LogP contribution in [0.1, 0.15) is 11.3 Å². The standard InChI is InChI=1S/C13H11ClN2OS/c1-8-5-9(13(15)18)6-12(16-8)17-11-4-2-3-10(14)7-11/h2-7H,1H3,(H2,15,18). The van der Waals surface area contributed by atoms with Crippen LogP contribution < -0.4 is 10.5 Å². The summed E-state index contributed by atoms with van der Waals surface area (Å²) in [4.78, 5) is 4.58. The average molecular weight is 279 g/mol. The molecule has 0 atom stereocenters. The molecule has 0 bridgehead atoms. The Morgan fingerprint density at radius 1 is 1.33 bits per heavy atom. The number of hydrogen-bond donors (Lipinski definition) is 1. The van der Waals surface area contributed by atoms with E-state index in [1.807, 2.05) is 19.1 Å². The highest BCUT2D eigenvalue weighted by atomic mass is 35.5. The molecule has 5 heteroatoms. The Kier molecular flexibility index (Phi) is 3.79. The van der Waals surface area contributed by atoms with Crippen LogP contribution in [-0.4, -0.2) is 9.97 Å². The minimum atomic E-state index is 0.316. The first-order chi connectivity index (χ1) is 8.54. The van der Waals surface area contributed by atoms with Gasteiger partial charge in [-0.2, -0.15) is 0 Å². The molecule has 2 rings (SSSR count). The lowest BCUT2D eigenvalue weighted by atomic mass is 10.2. The Morgan fingerprint density at radius 2 is 2.11 bits per heavy atom. The van der Waals surface area contributed by atoms with Crippen LogP contribution in [0.3, 0.4) is 0 Å². The van der Waals surface area contributed by atoms with Crippen molar-refractivity contribution >= 4 is 28.8 Å². The SMILES string of the molecule is Cc1cc(C(N)=S)cc(Oc2cccc(Cl)c2)n1. The molecule has 1 aromatic carbocycles. The fraction of sp³-hybridized carbons (Fsp3) is 0.0769. The Labute approximate surface area is 116 Å². The minimum absolute atomic E-state index is 0.316. The summed E-state index contributed by atoms with van der Waals surface area (Å²) in [5, 5.41) is 0.606. The van der Waals surface area contributed by atoms with E-state index in [4.69, 9.17) is 34.3 Å². The van der Waals surface area contributed by atoms with E-state index in [9.17, 15) is 0 Å². The Hall–Kier alpha value is -1.65. The van der Waals surface area contributed by atoms with Crippen LogP contribution >= 0.6 is 23.8 Å². The quantitative estimate of drug-likeness (QED) is 0.874. The van der Waals surface area contributed by atoms with Crippen molar-refractivity contribution in [1.82, 2.24) is 4.98 Å². The first kappa shape index (κ1) is 12.8. The second-order valence-electron chi connectivity index (χ2n) is 3.76. The molecule has 0 radical (unpaired) electrons. The zero-order chi connectivity index (χ0) is 13.1. The second-order valence-corrected chi connectivity index (χ2v) is 4.64. The van der Waals surface area contributed by atoms with E-state index in [0.29, 0.717) is 21.6 Å². The molecule has 0 aliphatic heterocycles. The molecule has 0 saturated heterocycles.